The maximum Gasteiger partial charge on any atom is 0.326 e. The molecule has 196 valence electrons. The summed E-state index contributed by atoms with van der Waals surface area (Å²) in [5.74, 6) is -2.29. The first-order valence-electron chi connectivity index (χ1n) is 11.9. The Balaban J connectivity index is 2.90. The van der Waals surface area contributed by atoms with Crippen molar-refractivity contribution in [2.75, 3.05) is 12.0 Å². The second kappa shape index (κ2) is 15.4. The van der Waals surface area contributed by atoms with E-state index in [4.69, 9.17) is 5.73 Å². The molecule has 0 aliphatic rings. The minimum atomic E-state index is -1.12. The second-order valence-corrected chi connectivity index (χ2v) is 10.4. The van der Waals surface area contributed by atoms with Crippen molar-refractivity contribution >= 4 is 35.5 Å². The van der Waals surface area contributed by atoms with Gasteiger partial charge in [-0.25, -0.2) is 4.79 Å². The summed E-state index contributed by atoms with van der Waals surface area (Å²) < 4.78 is 0. The van der Waals surface area contributed by atoms with E-state index in [1.165, 1.54) is 11.8 Å². The van der Waals surface area contributed by atoms with Crippen molar-refractivity contribution in [1.29, 1.82) is 0 Å². The number of carboxylic acids is 1. The van der Waals surface area contributed by atoms with Gasteiger partial charge in [-0.15, -0.1) is 0 Å². The lowest BCUT2D eigenvalue weighted by Crippen LogP contribution is -2.58. The average molecular weight is 509 g/mol. The number of nitrogens with two attached hydrogens (primary N) is 1. The van der Waals surface area contributed by atoms with E-state index < -0.39 is 47.9 Å². The Morgan fingerprint density at radius 1 is 0.914 bits per heavy atom. The van der Waals surface area contributed by atoms with Crippen LogP contribution in [0, 0.1) is 11.8 Å². The van der Waals surface area contributed by atoms with Crippen molar-refractivity contribution in [3.63, 3.8) is 0 Å². The molecule has 1 aromatic carbocycles. The van der Waals surface area contributed by atoms with Gasteiger partial charge in [-0.05, 0) is 48.7 Å². The molecule has 0 saturated heterocycles. The third kappa shape index (κ3) is 11.1. The first kappa shape index (κ1) is 30.4. The van der Waals surface area contributed by atoms with E-state index in [0.29, 0.717) is 18.6 Å². The topological polar surface area (TPSA) is 151 Å². The van der Waals surface area contributed by atoms with Gasteiger partial charge in [0.05, 0.1) is 6.04 Å². The van der Waals surface area contributed by atoms with Crippen LogP contribution in [0.4, 0.5) is 0 Å². The Morgan fingerprint density at radius 2 is 1.51 bits per heavy atom. The molecular formula is C25H40N4O5S. The minimum absolute atomic E-state index is 0.0620. The second-order valence-electron chi connectivity index (χ2n) is 9.40. The largest absolute Gasteiger partial charge is 0.480 e. The Morgan fingerprint density at radius 3 is 2.03 bits per heavy atom. The smallest absolute Gasteiger partial charge is 0.326 e. The number of thioether (sulfide) groups is 1. The summed E-state index contributed by atoms with van der Waals surface area (Å²) in [7, 11) is 0. The molecule has 4 atom stereocenters. The highest BCUT2D eigenvalue weighted by atomic mass is 32.2. The first-order valence-corrected chi connectivity index (χ1v) is 13.3. The monoisotopic (exact) mass is 508 g/mol. The summed E-state index contributed by atoms with van der Waals surface area (Å²) in [4.78, 5) is 50.3. The maximum absolute atomic E-state index is 13.1. The zero-order chi connectivity index (χ0) is 26.5. The predicted octanol–water partition coefficient (Wildman–Crippen LogP) is 1.55. The zero-order valence-corrected chi connectivity index (χ0v) is 22.1. The third-order valence-electron chi connectivity index (χ3n) is 5.45. The van der Waals surface area contributed by atoms with Crippen molar-refractivity contribution in [3.8, 4) is 0 Å². The average Bonchev–Trinajstić information content (AvgIpc) is 2.79. The number of amides is 3. The maximum atomic E-state index is 13.1. The van der Waals surface area contributed by atoms with E-state index in [9.17, 15) is 24.3 Å². The molecule has 1 aromatic rings. The van der Waals surface area contributed by atoms with Gasteiger partial charge in [0.15, 0.2) is 0 Å². The van der Waals surface area contributed by atoms with Crippen molar-refractivity contribution in [2.24, 2.45) is 17.6 Å². The highest BCUT2D eigenvalue weighted by Gasteiger charge is 2.32. The first-order chi connectivity index (χ1) is 16.5. The van der Waals surface area contributed by atoms with Gasteiger partial charge in [0.1, 0.15) is 18.1 Å². The molecule has 4 unspecified atom stereocenters. The normalized spacial score (nSPS) is 14.6. The highest BCUT2D eigenvalue weighted by molar-refractivity contribution is 7.98. The lowest BCUT2D eigenvalue weighted by Gasteiger charge is -2.27. The Kier molecular flexibility index (Phi) is 13.4. The van der Waals surface area contributed by atoms with E-state index in [-0.39, 0.29) is 18.3 Å². The molecule has 0 aliphatic heterocycles. The predicted molar refractivity (Wildman–Crippen MR) is 139 cm³/mol. The van der Waals surface area contributed by atoms with Gasteiger partial charge in [-0.3, -0.25) is 14.4 Å². The number of hydrogen-bond acceptors (Lipinski definition) is 6. The molecule has 0 fully saturated rings. The minimum Gasteiger partial charge on any atom is -0.480 e. The molecule has 0 heterocycles. The Labute approximate surface area is 212 Å². The lowest BCUT2D eigenvalue weighted by molar-refractivity contribution is -0.142. The van der Waals surface area contributed by atoms with E-state index in [1.807, 2.05) is 50.4 Å². The molecule has 35 heavy (non-hydrogen) atoms. The number of carbonyl (C=O) groups excluding carboxylic acids is 3. The molecule has 0 aliphatic carbocycles. The van der Waals surface area contributed by atoms with Crippen molar-refractivity contribution in [2.45, 2.75) is 71.1 Å². The molecule has 6 N–H and O–H groups in total. The molecule has 1 rings (SSSR count). The molecule has 0 aromatic heterocycles. The van der Waals surface area contributed by atoms with Gasteiger partial charge < -0.3 is 26.8 Å². The Bertz CT molecular complexity index is 834. The quantitative estimate of drug-likeness (QED) is 0.241. The van der Waals surface area contributed by atoms with Crippen LogP contribution in [0.1, 0.15) is 46.1 Å². The number of benzene rings is 1. The van der Waals surface area contributed by atoms with Crippen LogP contribution in [0.2, 0.25) is 0 Å². The van der Waals surface area contributed by atoms with Crippen molar-refractivity contribution in [1.82, 2.24) is 16.0 Å². The SMILES string of the molecule is CSCCC(NC(=O)C(CC(C)C)NC(=O)C(NC(=O)C(N)Cc1ccccc1)C(C)C)C(=O)O. The van der Waals surface area contributed by atoms with Crippen LogP contribution in [0.3, 0.4) is 0 Å². The van der Waals surface area contributed by atoms with Crippen LogP contribution < -0.4 is 21.7 Å². The van der Waals surface area contributed by atoms with Gasteiger partial charge in [0.2, 0.25) is 17.7 Å². The highest BCUT2D eigenvalue weighted by Crippen LogP contribution is 2.10. The van der Waals surface area contributed by atoms with Crippen molar-refractivity contribution in [3.05, 3.63) is 35.9 Å². The Hall–Kier alpha value is -2.59. The lowest BCUT2D eigenvalue weighted by atomic mass is 9.99. The summed E-state index contributed by atoms with van der Waals surface area (Å²) >= 11 is 1.48. The number of carboxylic acid groups (broad SMARTS) is 1. The van der Waals surface area contributed by atoms with E-state index in [2.05, 4.69) is 16.0 Å². The van der Waals surface area contributed by atoms with Crippen LogP contribution in [0.25, 0.3) is 0 Å². The standard InChI is InChI=1S/C25H40N4O5S/c1-15(2)13-20(23(31)27-19(25(33)34)11-12-35-5)28-24(32)21(16(3)4)29-22(30)18(26)14-17-9-7-6-8-10-17/h6-10,15-16,18-21H,11-14,26H2,1-5H3,(H,27,31)(H,28,32)(H,29,30)(H,33,34). The number of nitrogens with one attached hydrogen (secondary N) is 3. The van der Waals surface area contributed by atoms with Crippen LogP contribution in [0.5, 0.6) is 0 Å². The number of hydrogen-bond donors (Lipinski definition) is 5. The summed E-state index contributed by atoms with van der Waals surface area (Å²) in [5, 5.41) is 17.4. The summed E-state index contributed by atoms with van der Waals surface area (Å²) in [6.07, 6.45) is 2.77. The zero-order valence-electron chi connectivity index (χ0n) is 21.2. The molecule has 0 spiro atoms. The van der Waals surface area contributed by atoms with Gasteiger partial charge >= 0.3 is 5.97 Å². The molecule has 3 amide bonds. The molecule has 0 saturated carbocycles. The third-order valence-corrected chi connectivity index (χ3v) is 6.09. The van der Waals surface area contributed by atoms with E-state index in [0.717, 1.165) is 5.56 Å². The van der Waals surface area contributed by atoms with Crippen molar-refractivity contribution < 1.29 is 24.3 Å². The van der Waals surface area contributed by atoms with E-state index in [1.54, 1.807) is 13.8 Å². The summed E-state index contributed by atoms with van der Waals surface area (Å²) in [5.41, 5.74) is 6.98. The molecule has 0 radical (unpaired) electrons. The molecule has 9 nitrogen and oxygen atoms in total. The fourth-order valence-electron chi connectivity index (χ4n) is 3.49. The molecule has 0 bridgehead atoms. The van der Waals surface area contributed by atoms with Gasteiger partial charge in [-0.1, -0.05) is 58.0 Å². The number of rotatable bonds is 15. The van der Waals surface area contributed by atoms with E-state index >= 15 is 0 Å². The summed E-state index contributed by atoms with van der Waals surface area (Å²) in [6.45, 7) is 7.37. The molecule has 10 heteroatoms. The number of aliphatic carboxylic acids is 1. The number of carbonyl (C=O) groups is 4. The fraction of sp³-hybridized carbons (Fsp3) is 0.600. The van der Waals surface area contributed by atoms with Gasteiger partial charge in [-0.2, -0.15) is 11.8 Å². The fourth-order valence-corrected chi connectivity index (χ4v) is 3.96. The van der Waals surface area contributed by atoms with Crippen LogP contribution in [-0.2, 0) is 25.6 Å². The van der Waals surface area contributed by atoms with Gasteiger partial charge in [0, 0.05) is 0 Å². The molecular weight excluding hydrogens is 468 g/mol. The van der Waals surface area contributed by atoms with Gasteiger partial charge in [0.25, 0.3) is 0 Å². The van der Waals surface area contributed by atoms with Crippen LogP contribution in [0.15, 0.2) is 30.3 Å². The summed E-state index contributed by atoms with van der Waals surface area (Å²) in [6, 6.07) is 5.62. The van der Waals surface area contributed by atoms with Crippen LogP contribution in [-0.4, -0.2) is 65.0 Å². The van der Waals surface area contributed by atoms with Crippen LogP contribution >= 0.6 is 11.8 Å².